The minimum atomic E-state index is -0.282. The highest BCUT2D eigenvalue weighted by molar-refractivity contribution is 6.53. The first-order chi connectivity index (χ1) is 11.7. The SMILES string of the molecule is O=C1Nc2ccccc2/C1=N/N=C\c1c(O)ccc2ccccc12. The van der Waals surface area contributed by atoms with Gasteiger partial charge in [0.1, 0.15) is 5.75 Å². The molecule has 0 saturated carbocycles. The number of hydrogen-bond acceptors (Lipinski definition) is 4. The number of aromatic hydroxyl groups is 1. The van der Waals surface area contributed by atoms with Crippen LogP contribution in [-0.4, -0.2) is 22.9 Å². The summed E-state index contributed by atoms with van der Waals surface area (Å²) in [6, 6.07) is 18.5. The Hall–Kier alpha value is -3.47. The zero-order chi connectivity index (χ0) is 16.5. The highest BCUT2D eigenvalue weighted by Crippen LogP contribution is 2.26. The van der Waals surface area contributed by atoms with Crippen LogP contribution in [0.3, 0.4) is 0 Å². The van der Waals surface area contributed by atoms with Crippen LogP contribution in [0.5, 0.6) is 5.75 Å². The van der Waals surface area contributed by atoms with E-state index in [9.17, 15) is 9.90 Å². The fourth-order valence-corrected chi connectivity index (χ4v) is 2.77. The Balaban J connectivity index is 1.75. The largest absolute Gasteiger partial charge is 0.507 e. The lowest BCUT2D eigenvalue weighted by Gasteiger charge is -2.03. The summed E-state index contributed by atoms with van der Waals surface area (Å²) in [6.07, 6.45) is 1.47. The molecular weight excluding hydrogens is 302 g/mol. The van der Waals surface area contributed by atoms with Gasteiger partial charge in [-0.1, -0.05) is 48.5 Å². The Morgan fingerprint density at radius 1 is 0.958 bits per heavy atom. The minimum Gasteiger partial charge on any atom is -0.507 e. The number of phenols is 1. The predicted molar refractivity (Wildman–Crippen MR) is 94.8 cm³/mol. The van der Waals surface area contributed by atoms with Gasteiger partial charge in [-0.3, -0.25) is 4.79 Å². The van der Waals surface area contributed by atoms with Gasteiger partial charge in [-0.25, -0.2) is 0 Å². The molecule has 24 heavy (non-hydrogen) atoms. The molecule has 0 fully saturated rings. The Labute approximate surface area is 138 Å². The van der Waals surface area contributed by atoms with Crippen molar-refractivity contribution >= 4 is 34.3 Å². The molecule has 5 heteroatoms. The van der Waals surface area contributed by atoms with Gasteiger partial charge in [-0.2, -0.15) is 5.10 Å². The molecule has 1 amide bonds. The van der Waals surface area contributed by atoms with E-state index in [1.807, 2.05) is 54.6 Å². The van der Waals surface area contributed by atoms with Crippen molar-refractivity contribution in [1.82, 2.24) is 0 Å². The van der Waals surface area contributed by atoms with Crippen molar-refractivity contribution < 1.29 is 9.90 Å². The third-order valence-corrected chi connectivity index (χ3v) is 3.94. The summed E-state index contributed by atoms with van der Waals surface area (Å²) in [5, 5.41) is 22.8. The zero-order valence-electron chi connectivity index (χ0n) is 12.6. The van der Waals surface area contributed by atoms with Crippen molar-refractivity contribution in [2.75, 3.05) is 5.32 Å². The second-order valence-corrected chi connectivity index (χ2v) is 5.41. The molecule has 3 aromatic rings. The topological polar surface area (TPSA) is 74.0 Å². The van der Waals surface area contributed by atoms with Crippen LogP contribution in [0.4, 0.5) is 5.69 Å². The normalized spacial score (nSPS) is 15.2. The van der Waals surface area contributed by atoms with Crippen LogP contribution in [0.1, 0.15) is 11.1 Å². The first-order valence-electron chi connectivity index (χ1n) is 7.46. The van der Waals surface area contributed by atoms with E-state index < -0.39 is 0 Å². The van der Waals surface area contributed by atoms with Gasteiger partial charge in [0, 0.05) is 11.1 Å². The van der Waals surface area contributed by atoms with E-state index in [0.29, 0.717) is 5.56 Å². The van der Waals surface area contributed by atoms with Gasteiger partial charge in [-0.05, 0) is 22.9 Å². The number of carbonyl (C=O) groups excluding carboxylic acids is 1. The summed E-state index contributed by atoms with van der Waals surface area (Å²) in [5.74, 6) is -0.163. The van der Waals surface area contributed by atoms with Crippen molar-refractivity contribution in [3.63, 3.8) is 0 Å². The Bertz CT molecular complexity index is 1020. The summed E-state index contributed by atoms with van der Waals surface area (Å²) in [7, 11) is 0. The molecule has 3 aromatic carbocycles. The van der Waals surface area contributed by atoms with E-state index in [0.717, 1.165) is 22.0 Å². The van der Waals surface area contributed by atoms with Crippen molar-refractivity contribution in [1.29, 1.82) is 0 Å². The fourth-order valence-electron chi connectivity index (χ4n) is 2.77. The van der Waals surface area contributed by atoms with Crippen LogP contribution in [0, 0.1) is 0 Å². The quantitative estimate of drug-likeness (QED) is 0.562. The van der Waals surface area contributed by atoms with Crippen molar-refractivity contribution in [3.05, 3.63) is 71.8 Å². The Morgan fingerprint density at radius 2 is 1.75 bits per heavy atom. The van der Waals surface area contributed by atoms with Crippen LogP contribution >= 0.6 is 0 Å². The van der Waals surface area contributed by atoms with Gasteiger partial charge >= 0.3 is 0 Å². The molecule has 0 spiro atoms. The second kappa shape index (κ2) is 5.62. The van der Waals surface area contributed by atoms with Crippen LogP contribution < -0.4 is 5.32 Å². The van der Waals surface area contributed by atoms with E-state index in [4.69, 9.17) is 0 Å². The van der Waals surface area contributed by atoms with Gasteiger partial charge in [-0.15, -0.1) is 5.10 Å². The maximum absolute atomic E-state index is 12.0. The molecule has 0 bridgehead atoms. The molecule has 1 heterocycles. The lowest BCUT2D eigenvalue weighted by molar-refractivity contribution is -0.110. The molecule has 2 N–H and O–H groups in total. The van der Waals surface area contributed by atoms with Crippen molar-refractivity contribution in [3.8, 4) is 5.75 Å². The van der Waals surface area contributed by atoms with E-state index in [-0.39, 0.29) is 17.4 Å². The molecule has 0 aromatic heterocycles. The summed E-state index contributed by atoms with van der Waals surface area (Å²) < 4.78 is 0. The maximum atomic E-state index is 12.0. The zero-order valence-corrected chi connectivity index (χ0v) is 12.6. The van der Waals surface area contributed by atoms with Gasteiger partial charge in [0.05, 0.1) is 11.9 Å². The first-order valence-corrected chi connectivity index (χ1v) is 7.46. The van der Waals surface area contributed by atoms with Gasteiger partial charge in [0.25, 0.3) is 5.91 Å². The van der Waals surface area contributed by atoms with Crippen LogP contribution in [-0.2, 0) is 4.79 Å². The summed E-state index contributed by atoms with van der Waals surface area (Å²) >= 11 is 0. The molecule has 0 radical (unpaired) electrons. The number of benzene rings is 3. The smallest absolute Gasteiger partial charge is 0.276 e. The average molecular weight is 315 g/mol. The van der Waals surface area contributed by atoms with E-state index in [1.54, 1.807) is 6.07 Å². The molecule has 0 unspecified atom stereocenters. The monoisotopic (exact) mass is 315 g/mol. The van der Waals surface area contributed by atoms with Crippen molar-refractivity contribution in [2.24, 2.45) is 10.2 Å². The second-order valence-electron chi connectivity index (χ2n) is 5.41. The van der Waals surface area contributed by atoms with Crippen molar-refractivity contribution in [2.45, 2.75) is 0 Å². The molecule has 0 atom stereocenters. The highest BCUT2D eigenvalue weighted by Gasteiger charge is 2.25. The summed E-state index contributed by atoms with van der Waals surface area (Å²) in [4.78, 5) is 12.0. The molecule has 1 aliphatic rings. The number of amides is 1. The number of para-hydroxylation sites is 1. The molecule has 116 valence electrons. The first kappa shape index (κ1) is 14.1. The number of phenolic OH excluding ortho intramolecular Hbond substituents is 1. The summed E-state index contributed by atoms with van der Waals surface area (Å²) in [6.45, 7) is 0. The maximum Gasteiger partial charge on any atom is 0.276 e. The van der Waals surface area contributed by atoms with Gasteiger partial charge < -0.3 is 10.4 Å². The fraction of sp³-hybridized carbons (Fsp3) is 0. The summed E-state index contributed by atoms with van der Waals surface area (Å²) in [5.41, 5.74) is 2.29. The van der Waals surface area contributed by atoms with Crippen LogP contribution in [0.25, 0.3) is 10.8 Å². The Morgan fingerprint density at radius 3 is 2.67 bits per heavy atom. The number of fused-ring (bicyclic) bond motifs is 2. The lowest BCUT2D eigenvalue weighted by Crippen LogP contribution is -2.13. The Kier molecular flexibility index (Phi) is 3.31. The third kappa shape index (κ3) is 2.32. The third-order valence-electron chi connectivity index (χ3n) is 3.94. The average Bonchev–Trinajstić information content (AvgIpc) is 2.92. The van der Waals surface area contributed by atoms with E-state index in [1.165, 1.54) is 6.21 Å². The molecular formula is C19H13N3O2. The number of rotatable bonds is 2. The molecule has 0 aliphatic carbocycles. The highest BCUT2D eigenvalue weighted by atomic mass is 16.3. The van der Waals surface area contributed by atoms with Crippen LogP contribution in [0.15, 0.2) is 70.9 Å². The van der Waals surface area contributed by atoms with Crippen LogP contribution in [0.2, 0.25) is 0 Å². The number of carbonyl (C=O) groups is 1. The standard InChI is InChI=1S/C19H13N3O2/c23-17-10-9-12-5-1-2-6-13(12)15(17)11-20-22-18-14-7-3-4-8-16(14)21-19(18)24/h1-11,23H,(H,21,22,24)/b20-11-. The van der Waals surface area contributed by atoms with Gasteiger partial charge in [0.15, 0.2) is 5.71 Å². The number of nitrogens with one attached hydrogen (secondary N) is 1. The van der Waals surface area contributed by atoms with Gasteiger partial charge in [0.2, 0.25) is 0 Å². The van der Waals surface area contributed by atoms with E-state index >= 15 is 0 Å². The molecule has 1 aliphatic heterocycles. The lowest BCUT2D eigenvalue weighted by atomic mass is 10.0. The van der Waals surface area contributed by atoms with E-state index in [2.05, 4.69) is 15.5 Å². The molecule has 4 rings (SSSR count). The number of anilines is 1. The molecule has 0 saturated heterocycles. The minimum absolute atomic E-state index is 0.119. The predicted octanol–water partition coefficient (Wildman–Crippen LogP) is 3.32. The number of nitrogens with zero attached hydrogens (tertiary/aromatic N) is 2. The number of hydrogen-bond donors (Lipinski definition) is 2. The molecule has 5 nitrogen and oxygen atoms in total.